The predicted octanol–water partition coefficient (Wildman–Crippen LogP) is 7.78. The van der Waals surface area contributed by atoms with Crippen LogP contribution >= 0.6 is 0 Å². The summed E-state index contributed by atoms with van der Waals surface area (Å²) in [5.74, 6) is 0.825. The van der Waals surface area contributed by atoms with Gasteiger partial charge in [-0.15, -0.1) is 0 Å². The molecule has 0 atom stereocenters. The molecule has 0 saturated heterocycles. The second-order valence-corrected chi connectivity index (χ2v) is 10.9. The van der Waals surface area contributed by atoms with Crippen molar-refractivity contribution in [2.45, 2.75) is 59.8 Å². The Hall–Kier alpha value is -3.13. The smallest absolute Gasteiger partial charge is 0.224 e. The number of hydrogen-bond acceptors (Lipinski definition) is 0. The molecule has 3 aromatic heterocycles. The molecular weight excluding hydrogens is 412 g/mol. The maximum Gasteiger partial charge on any atom is 0.224 e. The highest BCUT2D eigenvalue weighted by molar-refractivity contribution is 6.28. The zero-order valence-electron chi connectivity index (χ0n) is 21.0. The third-order valence-corrected chi connectivity index (χ3v) is 9.22. The molecule has 3 aromatic carbocycles. The third kappa shape index (κ3) is 2.44. The Bertz CT molecular complexity index is 1780. The molecule has 0 spiro atoms. The van der Waals surface area contributed by atoms with Crippen LogP contribution in [0.1, 0.15) is 53.5 Å². The highest BCUT2D eigenvalue weighted by Gasteiger charge is 2.28. The zero-order chi connectivity index (χ0) is 23.3. The Morgan fingerprint density at radius 3 is 2.35 bits per heavy atom. The first kappa shape index (κ1) is 20.3. The average Bonchev–Trinajstić information content (AvgIpc) is 3.48. The van der Waals surface area contributed by atoms with Crippen molar-refractivity contribution in [3.63, 3.8) is 0 Å². The van der Waals surface area contributed by atoms with E-state index in [1.165, 1.54) is 103 Å². The minimum atomic E-state index is 0.825. The molecule has 0 aliphatic heterocycles. The van der Waals surface area contributed by atoms with Gasteiger partial charge in [-0.2, -0.15) is 0 Å². The molecular formula is C32H33N2+. The molecule has 0 bridgehead atoms. The minimum absolute atomic E-state index is 0.825. The molecule has 170 valence electrons. The van der Waals surface area contributed by atoms with Gasteiger partial charge in [0.2, 0.25) is 5.52 Å². The first-order chi connectivity index (χ1) is 16.5. The van der Waals surface area contributed by atoms with Gasteiger partial charge in [-0.1, -0.05) is 43.9 Å². The van der Waals surface area contributed by atoms with Crippen molar-refractivity contribution >= 4 is 49.0 Å². The van der Waals surface area contributed by atoms with E-state index < -0.39 is 0 Å². The monoisotopic (exact) mass is 445 g/mol. The van der Waals surface area contributed by atoms with Gasteiger partial charge in [0.1, 0.15) is 7.05 Å². The number of benzene rings is 3. The van der Waals surface area contributed by atoms with Crippen LogP contribution in [0, 0.1) is 33.6 Å². The second-order valence-electron chi connectivity index (χ2n) is 10.9. The summed E-state index contributed by atoms with van der Waals surface area (Å²) in [6.07, 6.45) is 9.03. The number of para-hydroxylation sites is 1. The Labute approximate surface area is 201 Å². The molecule has 1 aliphatic rings. The largest absolute Gasteiger partial charge is 0.307 e. The molecule has 0 N–H and O–H groups in total. The average molecular weight is 446 g/mol. The van der Waals surface area contributed by atoms with E-state index in [-0.39, 0.29) is 0 Å². The van der Waals surface area contributed by atoms with Gasteiger partial charge >= 0.3 is 0 Å². The summed E-state index contributed by atoms with van der Waals surface area (Å²) in [5.41, 5.74) is 12.7. The van der Waals surface area contributed by atoms with Crippen LogP contribution in [0.25, 0.3) is 49.0 Å². The minimum Gasteiger partial charge on any atom is -0.307 e. The predicted molar refractivity (Wildman–Crippen MR) is 144 cm³/mol. The fraction of sp³-hybridized carbons (Fsp3) is 0.344. The Balaban J connectivity index is 1.82. The Morgan fingerprint density at radius 2 is 1.56 bits per heavy atom. The van der Waals surface area contributed by atoms with Gasteiger partial charge in [0.25, 0.3) is 0 Å². The van der Waals surface area contributed by atoms with Crippen molar-refractivity contribution in [1.82, 2.24) is 4.40 Å². The van der Waals surface area contributed by atoms with Crippen LogP contribution in [0.4, 0.5) is 0 Å². The molecule has 34 heavy (non-hydrogen) atoms. The summed E-state index contributed by atoms with van der Waals surface area (Å²) in [4.78, 5) is 0. The van der Waals surface area contributed by atoms with Crippen LogP contribution in [0.2, 0.25) is 0 Å². The van der Waals surface area contributed by atoms with Crippen LogP contribution in [-0.4, -0.2) is 4.40 Å². The number of pyridine rings is 2. The quantitative estimate of drug-likeness (QED) is 0.146. The van der Waals surface area contributed by atoms with Gasteiger partial charge in [0, 0.05) is 16.8 Å². The number of aryl methyl sites for hydroxylation is 3. The number of nitrogens with zero attached hydrogens (tertiary/aromatic N) is 2. The van der Waals surface area contributed by atoms with E-state index in [2.05, 4.69) is 86.3 Å². The molecule has 1 fully saturated rings. The molecule has 3 heterocycles. The Morgan fingerprint density at radius 1 is 0.824 bits per heavy atom. The standard InChI is InChI=1S/C32H33N2/c1-18-19(2)21(4)30-27(20(18)3)31-29-23(14-15-33(31)5)17-24(16-22-10-6-7-11-22)28-25-12-8-9-13-26(25)34(30)32(28)29/h8-9,12-15,17,22H,6-7,10-11,16H2,1-5H3/q+1. The van der Waals surface area contributed by atoms with E-state index in [0.29, 0.717) is 0 Å². The van der Waals surface area contributed by atoms with Gasteiger partial charge < -0.3 is 4.40 Å². The van der Waals surface area contributed by atoms with E-state index in [1.807, 2.05) is 0 Å². The van der Waals surface area contributed by atoms with Crippen LogP contribution < -0.4 is 4.57 Å². The second kappa shape index (κ2) is 6.95. The maximum absolute atomic E-state index is 2.63. The fourth-order valence-corrected chi connectivity index (χ4v) is 7.18. The summed E-state index contributed by atoms with van der Waals surface area (Å²) in [5, 5.41) is 7.12. The molecule has 0 amide bonds. The number of aromatic nitrogens is 2. The summed E-state index contributed by atoms with van der Waals surface area (Å²) in [6, 6.07) is 14.0. The van der Waals surface area contributed by atoms with Crippen molar-refractivity contribution in [2.24, 2.45) is 13.0 Å². The summed E-state index contributed by atoms with van der Waals surface area (Å²) < 4.78 is 4.99. The van der Waals surface area contributed by atoms with Crippen LogP contribution in [0.15, 0.2) is 42.6 Å². The van der Waals surface area contributed by atoms with Crippen molar-refractivity contribution in [3.8, 4) is 0 Å². The lowest BCUT2D eigenvalue weighted by Gasteiger charge is -2.19. The lowest BCUT2D eigenvalue weighted by atomic mass is 9.89. The first-order valence-electron chi connectivity index (χ1n) is 13.0. The fourth-order valence-electron chi connectivity index (χ4n) is 7.18. The van der Waals surface area contributed by atoms with Crippen molar-refractivity contribution in [2.75, 3.05) is 0 Å². The van der Waals surface area contributed by atoms with Gasteiger partial charge in [-0.3, -0.25) is 0 Å². The topological polar surface area (TPSA) is 8.29 Å². The van der Waals surface area contributed by atoms with Gasteiger partial charge in [0.15, 0.2) is 6.20 Å². The molecule has 0 radical (unpaired) electrons. The molecule has 0 unspecified atom stereocenters. The maximum atomic E-state index is 2.63. The lowest BCUT2D eigenvalue weighted by Crippen LogP contribution is -2.29. The van der Waals surface area contributed by atoms with Crippen molar-refractivity contribution in [1.29, 1.82) is 0 Å². The van der Waals surface area contributed by atoms with E-state index in [1.54, 1.807) is 5.56 Å². The SMILES string of the molecule is Cc1c(C)c(C)c2c(c1C)c1c3c(cc[n+]1C)cc(CC1CCCC1)c1c4ccccc4n2c13. The molecule has 1 saturated carbocycles. The molecule has 7 rings (SSSR count). The van der Waals surface area contributed by atoms with Crippen LogP contribution in [0.3, 0.4) is 0 Å². The number of hydrogen-bond donors (Lipinski definition) is 0. The van der Waals surface area contributed by atoms with E-state index in [4.69, 9.17) is 0 Å². The molecule has 2 nitrogen and oxygen atoms in total. The number of rotatable bonds is 2. The molecule has 6 aromatic rings. The van der Waals surface area contributed by atoms with Crippen LogP contribution in [0.5, 0.6) is 0 Å². The summed E-state index contributed by atoms with van der Waals surface area (Å²) in [7, 11) is 2.22. The molecule has 2 heteroatoms. The normalized spacial score (nSPS) is 15.3. The van der Waals surface area contributed by atoms with Crippen LogP contribution in [-0.2, 0) is 13.5 Å². The van der Waals surface area contributed by atoms with E-state index in [9.17, 15) is 0 Å². The third-order valence-electron chi connectivity index (χ3n) is 9.22. The highest BCUT2D eigenvalue weighted by Crippen LogP contribution is 2.45. The van der Waals surface area contributed by atoms with Crippen molar-refractivity contribution in [3.05, 3.63) is 70.4 Å². The highest BCUT2D eigenvalue weighted by atomic mass is 15.0. The zero-order valence-corrected chi connectivity index (χ0v) is 21.0. The lowest BCUT2D eigenvalue weighted by molar-refractivity contribution is -0.643. The van der Waals surface area contributed by atoms with Gasteiger partial charge in [0.05, 0.1) is 27.3 Å². The molecule has 1 aliphatic carbocycles. The summed E-state index contributed by atoms with van der Waals surface area (Å²) in [6.45, 7) is 9.24. The summed E-state index contributed by atoms with van der Waals surface area (Å²) >= 11 is 0. The van der Waals surface area contributed by atoms with E-state index in [0.717, 1.165) is 5.92 Å². The van der Waals surface area contributed by atoms with Gasteiger partial charge in [-0.25, -0.2) is 4.57 Å². The van der Waals surface area contributed by atoms with Gasteiger partial charge in [-0.05, 0) is 85.4 Å². The Kier molecular flexibility index (Phi) is 4.14. The number of fused-ring (bicyclic) bond motifs is 6. The first-order valence-corrected chi connectivity index (χ1v) is 13.0. The van der Waals surface area contributed by atoms with Crippen molar-refractivity contribution < 1.29 is 4.57 Å². The van der Waals surface area contributed by atoms with E-state index >= 15 is 0 Å².